The van der Waals surface area contributed by atoms with Crippen LogP contribution in [-0.2, 0) is 4.79 Å². The van der Waals surface area contributed by atoms with Crippen LogP contribution in [0.3, 0.4) is 0 Å². The Hall–Kier alpha value is -1.11. The first-order chi connectivity index (χ1) is 8.13. The van der Waals surface area contributed by atoms with Crippen LogP contribution in [0.1, 0.15) is 18.6 Å². The number of halogens is 1. The SMILES string of the molecule is Cc1cc(NC(=O)CCN2CC[C@H](N)C2)no1.Cl. The number of hydrogen-bond acceptors (Lipinski definition) is 5. The molecule has 0 bridgehead atoms. The van der Waals surface area contributed by atoms with E-state index in [4.69, 9.17) is 10.3 Å². The molecule has 1 aliphatic heterocycles. The van der Waals surface area contributed by atoms with Gasteiger partial charge in [-0.2, -0.15) is 0 Å². The predicted octanol–water partition coefficient (Wildman–Crippen LogP) is 0.766. The molecule has 0 saturated carbocycles. The quantitative estimate of drug-likeness (QED) is 0.847. The summed E-state index contributed by atoms with van der Waals surface area (Å²) < 4.78 is 4.87. The molecule has 1 aromatic heterocycles. The number of aromatic nitrogens is 1. The highest BCUT2D eigenvalue weighted by atomic mass is 35.5. The largest absolute Gasteiger partial charge is 0.360 e. The fourth-order valence-electron chi connectivity index (χ4n) is 1.96. The van der Waals surface area contributed by atoms with Gasteiger partial charge < -0.3 is 20.5 Å². The molecule has 2 rings (SSSR count). The van der Waals surface area contributed by atoms with Gasteiger partial charge in [0.05, 0.1) is 0 Å². The van der Waals surface area contributed by atoms with Crippen molar-refractivity contribution in [3.63, 3.8) is 0 Å². The number of nitrogens with one attached hydrogen (secondary N) is 1. The molecule has 1 aliphatic rings. The minimum absolute atomic E-state index is 0. The Kier molecular flexibility index (Phi) is 5.58. The lowest BCUT2D eigenvalue weighted by atomic mass is 10.3. The van der Waals surface area contributed by atoms with E-state index in [0.29, 0.717) is 18.0 Å². The van der Waals surface area contributed by atoms with Crippen molar-refractivity contribution in [1.82, 2.24) is 10.1 Å². The third kappa shape index (κ3) is 4.29. The molecular formula is C11H19ClN4O2. The predicted molar refractivity (Wildman–Crippen MR) is 70.8 cm³/mol. The number of nitrogens with two attached hydrogens (primary N) is 1. The summed E-state index contributed by atoms with van der Waals surface area (Å²) >= 11 is 0. The van der Waals surface area contributed by atoms with Crippen molar-refractivity contribution in [3.05, 3.63) is 11.8 Å². The Labute approximate surface area is 112 Å². The molecule has 3 N–H and O–H groups in total. The van der Waals surface area contributed by atoms with Crippen LogP contribution in [0.15, 0.2) is 10.6 Å². The van der Waals surface area contributed by atoms with Crippen LogP contribution in [0.4, 0.5) is 5.82 Å². The molecular weight excluding hydrogens is 256 g/mol. The van der Waals surface area contributed by atoms with Gasteiger partial charge >= 0.3 is 0 Å². The normalized spacial score (nSPS) is 19.6. The van der Waals surface area contributed by atoms with Crippen LogP contribution in [0.2, 0.25) is 0 Å². The molecule has 1 fully saturated rings. The number of rotatable bonds is 4. The van der Waals surface area contributed by atoms with E-state index in [2.05, 4.69) is 15.4 Å². The lowest BCUT2D eigenvalue weighted by Gasteiger charge is -2.13. The van der Waals surface area contributed by atoms with Crippen molar-refractivity contribution in [3.8, 4) is 0 Å². The van der Waals surface area contributed by atoms with Gasteiger partial charge in [-0.3, -0.25) is 4.79 Å². The lowest BCUT2D eigenvalue weighted by Crippen LogP contribution is -2.29. The molecule has 1 atom stereocenters. The van der Waals surface area contributed by atoms with Crippen molar-refractivity contribution in [2.75, 3.05) is 25.0 Å². The van der Waals surface area contributed by atoms with E-state index in [1.54, 1.807) is 13.0 Å². The summed E-state index contributed by atoms with van der Waals surface area (Å²) in [6, 6.07) is 1.96. The molecule has 102 valence electrons. The standard InChI is InChI=1S/C11H18N4O2.ClH/c1-8-6-10(14-17-8)13-11(16)3-5-15-4-2-9(12)7-15;/h6,9H,2-5,7,12H2,1H3,(H,13,14,16);1H/t9-;/m0./s1. The summed E-state index contributed by atoms with van der Waals surface area (Å²) in [5, 5.41) is 6.40. The third-order valence-electron chi connectivity index (χ3n) is 2.86. The van der Waals surface area contributed by atoms with E-state index >= 15 is 0 Å². The molecule has 6 nitrogen and oxygen atoms in total. The second-order valence-corrected chi connectivity index (χ2v) is 4.47. The molecule has 0 aliphatic carbocycles. The summed E-state index contributed by atoms with van der Waals surface area (Å²) in [7, 11) is 0. The highest BCUT2D eigenvalue weighted by Crippen LogP contribution is 2.09. The maximum Gasteiger partial charge on any atom is 0.226 e. The number of carbonyl (C=O) groups is 1. The smallest absolute Gasteiger partial charge is 0.226 e. The highest BCUT2D eigenvalue weighted by Gasteiger charge is 2.19. The molecule has 1 amide bonds. The van der Waals surface area contributed by atoms with E-state index in [9.17, 15) is 4.79 Å². The number of hydrogen-bond donors (Lipinski definition) is 2. The van der Waals surface area contributed by atoms with Crippen molar-refractivity contribution in [1.29, 1.82) is 0 Å². The molecule has 1 aromatic rings. The maximum atomic E-state index is 11.6. The van der Waals surface area contributed by atoms with Gasteiger partial charge in [0, 0.05) is 31.6 Å². The van der Waals surface area contributed by atoms with Crippen molar-refractivity contribution < 1.29 is 9.32 Å². The first kappa shape index (κ1) is 14.9. The minimum atomic E-state index is -0.0428. The second kappa shape index (κ2) is 6.72. The van der Waals surface area contributed by atoms with E-state index in [1.165, 1.54) is 0 Å². The molecule has 18 heavy (non-hydrogen) atoms. The molecule has 7 heteroatoms. The highest BCUT2D eigenvalue weighted by molar-refractivity contribution is 5.89. The molecule has 0 unspecified atom stereocenters. The maximum absolute atomic E-state index is 11.6. The number of aryl methyl sites for hydroxylation is 1. The Morgan fingerprint density at radius 3 is 3.06 bits per heavy atom. The molecule has 0 radical (unpaired) electrons. The third-order valence-corrected chi connectivity index (χ3v) is 2.86. The van der Waals surface area contributed by atoms with Crippen LogP contribution in [0.5, 0.6) is 0 Å². The van der Waals surface area contributed by atoms with Crippen molar-refractivity contribution >= 4 is 24.1 Å². The van der Waals surface area contributed by atoms with Crippen LogP contribution in [0, 0.1) is 6.92 Å². The van der Waals surface area contributed by atoms with Crippen molar-refractivity contribution in [2.45, 2.75) is 25.8 Å². The topological polar surface area (TPSA) is 84.4 Å². The van der Waals surface area contributed by atoms with Crippen LogP contribution in [0.25, 0.3) is 0 Å². The monoisotopic (exact) mass is 274 g/mol. The van der Waals surface area contributed by atoms with Gasteiger partial charge in [-0.1, -0.05) is 5.16 Å². The van der Waals surface area contributed by atoms with E-state index in [-0.39, 0.29) is 24.4 Å². The molecule has 0 aromatic carbocycles. The van der Waals surface area contributed by atoms with Gasteiger partial charge in [0.25, 0.3) is 0 Å². The number of carbonyl (C=O) groups excluding carboxylic acids is 1. The average molecular weight is 275 g/mol. The summed E-state index contributed by atoms with van der Waals surface area (Å²) in [5.41, 5.74) is 5.79. The zero-order valence-electron chi connectivity index (χ0n) is 10.4. The summed E-state index contributed by atoms with van der Waals surface area (Å²) in [6.45, 7) is 4.40. The van der Waals surface area contributed by atoms with Gasteiger partial charge in [0.15, 0.2) is 5.82 Å². The number of anilines is 1. The molecule has 0 spiro atoms. The molecule has 2 heterocycles. The van der Waals surface area contributed by atoms with Gasteiger partial charge in [-0.05, 0) is 19.9 Å². The summed E-state index contributed by atoms with van der Waals surface area (Å²) in [6.07, 6.45) is 1.47. The first-order valence-electron chi connectivity index (χ1n) is 5.84. The Bertz CT molecular complexity index is 396. The van der Waals surface area contributed by atoms with Gasteiger partial charge in [-0.15, -0.1) is 12.4 Å². The average Bonchev–Trinajstić information content (AvgIpc) is 2.85. The Morgan fingerprint density at radius 2 is 2.50 bits per heavy atom. The van der Waals surface area contributed by atoms with Crippen LogP contribution < -0.4 is 11.1 Å². The minimum Gasteiger partial charge on any atom is -0.360 e. The fraction of sp³-hybridized carbons (Fsp3) is 0.636. The number of amides is 1. The zero-order chi connectivity index (χ0) is 12.3. The van der Waals surface area contributed by atoms with Gasteiger partial charge in [0.1, 0.15) is 5.76 Å². The van der Waals surface area contributed by atoms with E-state index in [1.807, 2.05) is 0 Å². The Morgan fingerprint density at radius 1 is 1.72 bits per heavy atom. The van der Waals surface area contributed by atoms with Crippen LogP contribution >= 0.6 is 12.4 Å². The number of nitrogens with zero attached hydrogens (tertiary/aromatic N) is 2. The summed E-state index contributed by atoms with van der Waals surface area (Å²) in [4.78, 5) is 13.8. The van der Waals surface area contributed by atoms with Gasteiger partial charge in [-0.25, -0.2) is 0 Å². The summed E-state index contributed by atoms with van der Waals surface area (Å²) in [5.74, 6) is 1.12. The van der Waals surface area contributed by atoms with E-state index in [0.717, 1.165) is 26.1 Å². The van der Waals surface area contributed by atoms with Crippen LogP contribution in [-0.4, -0.2) is 41.6 Å². The lowest BCUT2D eigenvalue weighted by molar-refractivity contribution is -0.116. The molecule has 1 saturated heterocycles. The van der Waals surface area contributed by atoms with Crippen molar-refractivity contribution in [2.24, 2.45) is 5.73 Å². The fourth-order valence-corrected chi connectivity index (χ4v) is 1.96. The second-order valence-electron chi connectivity index (χ2n) is 4.47. The number of likely N-dealkylation sites (tertiary alicyclic amines) is 1. The van der Waals surface area contributed by atoms with Gasteiger partial charge in [0.2, 0.25) is 5.91 Å². The van der Waals surface area contributed by atoms with E-state index < -0.39 is 0 Å². The first-order valence-corrected chi connectivity index (χ1v) is 5.84. The zero-order valence-corrected chi connectivity index (χ0v) is 11.2. The Balaban J connectivity index is 0.00000162.